The minimum Gasteiger partial charge on any atom is -0.392 e. The normalized spacial score (nSPS) is 11.1. The van der Waals surface area contributed by atoms with Crippen molar-refractivity contribution in [3.63, 3.8) is 0 Å². The zero-order valence-electron chi connectivity index (χ0n) is 13.3. The molecule has 2 aromatic carbocycles. The largest absolute Gasteiger partial charge is 0.392 e. The molecule has 0 fully saturated rings. The second kappa shape index (κ2) is 6.29. The molecule has 0 radical (unpaired) electrons. The minimum atomic E-state index is -0.238. The predicted molar refractivity (Wildman–Crippen MR) is 92.4 cm³/mol. The van der Waals surface area contributed by atoms with Gasteiger partial charge in [-0.25, -0.2) is 9.36 Å². The summed E-state index contributed by atoms with van der Waals surface area (Å²) < 4.78 is 2.91. The summed E-state index contributed by atoms with van der Waals surface area (Å²) in [5.74, 6) is 0. The Bertz CT molecular complexity index is 1070. The Hall–Kier alpha value is -3.32. The fourth-order valence-electron chi connectivity index (χ4n) is 2.65. The molecule has 4 rings (SSSR count). The van der Waals surface area contributed by atoms with Gasteiger partial charge < -0.3 is 5.11 Å². The summed E-state index contributed by atoms with van der Waals surface area (Å²) in [7, 11) is 0. The summed E-state index contributed by atoms with van der Waals surface area (Å²) >= 11 is 0. The van der Waals surface area contributed by atoms with Crippen LogP contribution >= 0.6 is 0 Å². The van der Waals surface area contributed by atoms with Crippen LogP contribution in [0.25, 0.3) is 16.7 Å². The molecule has 0 aliphatic rings. The van der Waals surface area contributed by atoms with Crippen LogP contribution in [-0.2, 0) is 13.2 Å². The van der Waals surface area contributed by atoms with E-state index in [1.165, 1.54) is 10.9 Å². The van der Waals surface area contributed by atoms with Crippen LogP contribution in [0.15, 0.2) is 65.6 Å². The number of aromatic nitrogens is 5. The second-order valence-electron chi connectivity index (χ2n) is 5.66. The van der Waals surface area contributed by atoms with Crippen molar-refractivity contribution in [3.05, 3.63) is 82.3 Å². The molecule has 0 atom stereocenters. The third-order valence-corrected chi connectivity index (χ3v) is 3.99. The highest BCUT2D eigenvalue weighted by atomic mass is 16.3. The molecule has 25 heavy (non-hydrogen) atoms. The zero-order chi connectivity index (χ0) is 17.2. The second-order valence-corrected chi connectivity index (χ2v) is 5.66. The van der Waals surface area contributed by atoms with Crippen LogP contribution in [0.4, 0.5) is 0 Å². The summed E-state index contributed by atoms with van der Waals surface area (Å²) in [6, 6.07) is 16.8. The molecule has 0 amide bonds. The van der Waals surface area contributed by atoms with E-state index in [1.54, 1.807) is 4.68 Å². The molecule has 7 heteroatoms. The number of nitrogens with zero attached hydrogens (tertiary/aromatic N) is 5. The Morgan fingerprint density at radius 3 is 2.40 bits per heavy atom. The van der Waals surface area contributed by atoms with Crippen LogP contribution in [0.3, 0.4) is 0 Å². The van der Waals surface area contributed by atoms with Crippen molar-refractivity contribution in [3.8, 4) is 5.69 Å². The molecule has 0 aliphatic heterocycles. The minimum absolute atomic E-state index is 0.00926. The third kappa shape index (κ3) is 2.81. The predicted octanol–water partition coefficient (Wildman–Crippen LogP) is 1.52. The first-order valence-electron chi connectivity index (χ1n) is 7.82. The fraction of sp³-hybridized carbons (Fsp3) is 0.111. The maximum Gasteiger partial charge on any atom is 0.281 e. The molecule has 0 saturated carbocycles. The lowest BCUT2D eigenvalue weighted by Crippen LogP contribution is -2.24. The molecule has 0 aliphatic carbocycles. The van der Waals surface area contributed by atoms with Gasteiger partial charge in [0.15, 0.2) is 5.65 Å². The van der Waals surface area contributed by atoms with E-state index < -0.39 is 0 Å². The number of aliphatic hydroxyl groups is 1. The first-order chi connectivity index (χ1) is 12.3. The molecular formula is C18H15N5O2. The van der Waals surface area contributed by atoms with Crippen molar-refractivity contribution in [2.45, 2.75) is 13.2 Å². The van der Waals surface area contributed by atoms with Crippen molar-refractivity contribution in [1.82, 2.24) is 24.8 Å². The molecule has 0 saturated heterocycles. The number of benzene rings is 2. The maximum absolute atomic E-state index is 12.7. The monoisotopic (exact) mass is 333 g/mol. The summed E-state index contributed by atoms with van der Waals surface area (Å²) in [5, 5.41) is 22.0. The topological polar surface area (TPSA) is 85.8 Å². The molecule has 0 spiro atoms. The molecule has 124 valence electrons. The summed E-state index contributed by atoms with van der Waals surface area (Å²) in [6.45, 7) is 0.300. The van der Waals surface area contributed by atoms with Crippen LogP contribution in [0.2, 0.25) is 0 Å². The van der Waals surface area contributed by atoms with Crippen LogP contribution in [0.5, 0.6) is 0 Å². The van der Waals surface area contributed by atoms with Gasteiger partial charge in [-0.05, 0) is 23.3 Å². The van der Waals surface area contributed by atoms with E-state index in [2.05, 4.69) is 15.4 Å². The van der Waals surface area contributed by atoms with E-state index >= 15 is 0 Å². The van der Waals surface area contributed by atoms with E-state index in [0.29, 0.717) is 17.6 Å². The van der Waals surface area contributed by atoms with Gasteiger partial charge in [0.05, 0.1) is 25.0 Å². The average Bonchev–Trinajstić information content (AvgIpc) is 3.10. The van der Waals surface area contributed by atoms with E-state index in [4.69, 9.17) is 5.11 Å². The lowest BCUT2D eigenvalue weighted by Gasteiger charge is -2.05. The highest BCUT2D eigenvalue weighted by molar-refractivity contribution is 5.74. The van der Waals surface area contributed by atoms with Crippen LogP contribution < -0.4 is 5.56 Å². The quantitative estimate of drug-likeness (QED) is 0.612. The smallest absolute Gasteiger partial charge is 0.281 e. The molecule has 0 unspecified atom stereocenters. The third-order valence-electron chi connectivity index (χ3n) is 3.99. The van der Waals surface area contributed by atoms with Gasteiger partial charge in [0.1, 0.15) is 5.39 Å². The number of rotatable bonds is 4. The Balaban J connectivity index is 1.72. The fourth-order valence-corrected chi connectivity index (χ4v) is 2.65. The summed E-state index contributed by atoms with van der Waals surface area (Å²) in [5.41, 5.74) is 2.75. The van der Waals surface area contributed by atoms with Crippen molar-refractivity contribution >= 4 is 11.0 Å². The molecule has 4 aromatic rings. The van der Waals surface area contributed by atoms with Crippen LogP contribution in [0, 0.1) is 0 Å². The molecular weight excluding hydrogens is 318 g/mol. The van der Waals surface area contributed by atoms with E-state index in [-0.39, 0.29) is 12.2 Å². The van der Waals surface area contributed by atoms with Crippen LogP contribution in [-0.4, -0.2) is 29.9 Å². The Morgan fingerprint density at radius 2 is 1.68 bits per heavy atom. The zero-order valence-corrected chi connectivity index (χ0v) is 13.3. The molecule has 1 N–H and O–H groups in total. The molecule has 7 nitrogen and oxygen atoms in total. The number of para-hydroxylation sites is 1. The first-order valence-corrected chi connectivity index (χ1v) is 7.82. The molecule has 2 aromatic heterocycles. The van der Waals surface area contributed by atoms with Crippen molar-refractivity contribution < 1.29 is 5.11 Å². The Labute approximate surface area is 142 Å². The van der Waals surface area contributed by atoms with Gasteiger partial charge in [-0.2, -0.15) is 5.10 Å². The van der Waals surface area contributed by atoms with Gasteiger partial charge in [0.25, 0.3) is 5.56 Å². The number of aliphatic hydroxyl groups excluding tert-OH is 1. The Kier molecular flexibility index (Phi) is 3.83. The number of fused-ring (bicyclic) bond motifs is 1. The van der Waals surface area contributed by atoms with E-state index in [9.17, 15) is 4.79 Å². The van der Waals surface area contributed by atoms with Crippen molar-refractivity contribution in [1.29, 1.82) is 0 Å². The average molecular weight is 333 g/mol. The van der Waals surface area contributed by atoms with Gasteiger partial charge in [-0.1, -0.05) is 47.7 Å². The highest BCUT2D eigenvalue weighted by Crippen LogP contribution is 2.12. The van der Waals surface area contributed by atoms with Gasteiger partial charge in [0.2, 0.25) is 0 Å². The van der Waals surface area contributed by atoms with Gasteiger partial charge in [-0.15, -0.1) is 5.10 Å². The SMILES string of the molecule is O=c1c2cnn(-c3ccccc3)c2nnn1Cc1ccc(CO)cc1. The first kappa shape index (κ1) is 15.2. The van der Waals surface area contributed by atoms with Crippen molar-refractivity contribution in [2.75, 3.05) is 0 Å². The van der Waals surface area contributed by atoms with Crippen LogP contribution in [0.1, 0.15) is 11.1 Å². The van der Waals surface area contributed by atoms with Gasteiger partial charge in [-0.3, -0.25) is 4.79 Å². The lowest BCUT2D eigenvalue weighted by molar-refractivity contribution is 0.282. The maximum atomic E-state index is 12.7. The van der Waals surface area contributed by atoms with E-state index in [0.717, 1.165) is 16.8 Å². The van der Waals surface area contributed by atoms with Crippen molar-refractivity contribution in [2.24, 2.45) is 0 Å². The number of hydrogen-bond donors (Lipinski definition) is 1. The Morgan fingerprint density at radius 1 is 0.960 bits per heavy atom. The summed E-state index contributed by atoms with van der Waals surface area (Å²) in [4.78, 5) is 12.7. The number of hydrogen-bond acceptors (Lipinski definition) is 5. The molecule has 0 bridgehead atoms. The van der Waals surface area contributed by atoms with Gasteiger partial charge >= 0.3 is 0 Å². The lowest BCUT2D eigenvalue weighted by atomic mass is 10.1. The van der Waals surface area contributed by atoms with Gasteiger partial charge in [0, 0.05) is 0 Å². The highest BCUT2D eigenvalue weighted by Gasteiger charge is 2.12. The molecule has 2 heterocycles. The standard InChI is InChI=1S/C18H15N5O2/c24-12-14-8-6-13(7-9-14)11-22-18(25)16-10-19-23(17(16)20-21-22)15-4-2-1-3-5-15/h1-10,24H,11-12H2. The van der Waals surface area contributed by atoms with E-state index in [1.807, 2.05) is 54.6 Å². The summed E-state index contributed by atoms with van der Waals surface area (Å²) in [6.07, 6.45) is 1.52.